The van der Waals surface area contributed by atoms with Crippen molar-refractivity contribution in [2.75, 3.05) is 18.0 Å². The number of nitrogens with one attached hydrogen (secondary N) is 1. The fourth-order valence-corrected chi connectivity index (χ4v) is 1.57. The van der Waals surface area contributed by atoms with E-state index in [1.807, 2.05) is 0 Å². The second-order valence-corrected chi connectivity index (χ2v) is 3.36. The number of hydrogen-bond donors (Lipinski definition) is 1. The van der Waals surface area contributed by atoms with Gasteiger partial charge in [-0.15, -0.1) is 0 Å². The van der Waals surface area contributed by atoms with Crippen LogP contribution in [0.1, 0.15) is 0 Å². The first-order valence-electron chi connectivity index (χ1n) is 4.19. The summed E-state index contributed by atoms with van der Waals surface area (Å²) in [5.41, 5.74) is 0.229. The van der Waals surface area contributed by atoms with Crippen LogP contribution in [0.3, 0.4) is 0 Å². The molecule has 5 heteroatoms. The molecule has 2 amide bonds. The van der Waals surface area contributed by atoms with Gasteiger partial charge in [0, 0.05) is 13.1 Å². The van der Waals surface area contributed by atoms with E-state index in [0.29, 0.717) is 13.1 Å². The Bertz CT molecular complexity index is 383. The van der Waals surface area contributed by atoms with Crippen LogP contribution in [0.4, 0.5) is 14.9 Å². The highest BCUT2D eigenvalue weighted by Gasteiger charge is 2.24. The van der Waals surface area contributed by atoms with E-state index in [0.717, 1.165) is 0 Å². The van der Waals surface area contributed by atoms with Crippen molar-refractivity contribution in [3.05, 3.63) is 29.0 Å². The summed E-state index contributed by atoms with van der Waals surface area (Å²) in [7, 11) is 0. The summed E-state index contributed by atoms with van der Waals surface area (Å²) in [4.78, 5) is 12.6. The zero-order valence-corrected chi connectivity index (χ0v) is 8.01. The number of urea groups is 1. The Morgan fingerprint density at radius 1 is 1.50 bits per heavy atom. The van der Waals surface area contributed by atoms with Gasteiger partial charge in [0.25, 0.3) is 0 Å². The predicted octanol–water partition coefficient (Wildman–Crippen LogP) is 2.01. The topological polar surface area (TPSA) is 32.3 Å². The fourth-order valence-electron chi connectivity index (χ4n) is 1.40. The molecular weight excluding hydrogens is 207 g/mol. The Morgan fingerprint density at radius 3 is 2.93 bits per heavy atom. The molecule has 1 fully saturated rings. The lowest BCUT2D eigenvalue weighted by Gasteiger charge is -2.15. The number of anilines is 1. The normalized spacial score (nSPS) is 15.9. The molecule has 1 heterocycles. The molecule has 1 aliphatic heterocycles. The largest absolute Gasteiger partial charge is 0.336 e. The summed E-state index contributed by atoms with van der Waals surface area (Å²) in [6, 6.07) is 4.32. The molecule has 1 aromatic rings. The van der Waals surface area contributed by atoms with E-state index < -0.39 is 5.82 Å². The summed E-state index contributed by atoms with van der Waals surface area (Å²) in [6.45, 7) is 1.00. The van der Waals surface area contributed by atoms with E-state index in [4.69, 9.17) is 11.6 Å². The maximum atomic E-state index is 13.5. The van der Waals surface area contributed by atoms with Crippen molar-refractivity contribution in [3.63, 3.8) is 0 Å². The Hall–Kier alpha value is -1.29. The van der Waals surface area contributed by atoms with Crippen LogP contribution in [0.25, 0.3) is 0 Å². The minimum Gasteiger partial charge on any atom is -0.336 e. The lowest BCUT2D eigenvalue weighted by molar-refractivity contribution is 0.252. The van der Waals surface area contributed by atoms with E-state index in [-0.39, 0.29) is 16.7 Å². The molecule has 14 heavy (non-hydrogen) atoms. The number of hydrogen-bond acceptors (Lipinski definition) is 1. The van der Waals surface area contributed by atoms with Crippen molar-refractivity contribution >= 4 is 23.3 Å². The highest BCUT2D eigenvalue weighted by Crippen LogP contribution is 2.26. The van der Waals surface area contributed by atoms with Gasteiger partial charge in [0.2, 0.25) is 0 Å². The van der Waals surface area contributed by atoms with Gasteiger partial charge in [-0.25, -0.2) is 9.18 Å². The molecule has 2 rings (SSSR count). The zero-order valence-electron chi connectivity index (χ0n) is 7.26. The van der Waals surface area contributed by atoms with Crippen LogP contribution in [-0.4, -0.2) is 19.1 Å². The van der Waals surface area contributed by atoms with Gasteiger partial charge in [0.15, 0.2) is 5.82 Å². The van der Waals surface area contributed by atoms with Crippen molar-refractivity contribution in [2.24, 2.45) is 0 Å². The van der Waals surface area contributed by atoms with Crippen LogP contribution < -0.4 is 10.2 Å². The first-order valence-corrected chi connectivity index (χ1v) is 4.57. The maximum absolute atomic E-state index is 13.5. The Labute approximate surface area is 85.5 Å². The minimum atomic E-state index is -0.550. The van der Waals surface area contributed by atoms with E-state index in [1.165, 1.54) is 17.0 Å². The van der Waals surface area contributed by atoms with Crippen LogP contribution in [0.5, 0.6) is 0 Å². The second-order valence-electron chi connectivity index (χ2n) is 2.96. The smallest absolute Gasteiger partial charge is 0.322 e. The number of benzene rings is 1. The Kier molecular flexibility index (Phi) is 2.29. The third kappa shape index (κ3) is 1.42. The van der Waals surface area contributed by atoms with Gasteiger partial charge in [-0.05, 0) is 12.1 Å². The van der Waals surface area contributed by atoms with Crippen LogP contribution in [0, 0.1) is 5.82 Å². The van der Waals surface area contributed by atoms with Gasteiger partial charge >= 0.3 is 6.03 Å². The maximum Gasteiger partial charge on any atom is 0.322 e. The number of rotatable bonds is 1. The van der Waals surface area contributed by atoms with Gasteiger partial charge in [0.1, 0.15) is 0 Å². The standard InChI is InChI=1S/C9H8ClFN2O/c10-6-2-1-3-7(8(6)11)13-5-4-12-9(13)14/h1-3H,4-5H2,(H,12,14). The minimum absolute atomic E-state index is 0.0298. The molecule has 0 bridgehead atoms. The van der Waals surface area contributed by atoms with Crippen LogP contribution >= 0.6 is 11.6 Å². The highest BCUT2D eigenvalue weighted by molar-refractivity contribution is 6.31. The monoisotopic (exact) mass is 214 g/mol. The molecule has 1 saturated heterocycles. The molecule has 0 unspecified atom stereocenters. The molecule has 0 aromatic heterocycles. The van der Waals surface area contributed by atoms with Crippen LogP contribution in [0.15, 0.2) is 18.2 Å². The molecule has 3 nitrogen and oxygen atoms in total. The Morgan fingerprint density at radius 2 is 2.29 bits per heavy atom. The Balaban J connectivity index is 2.41. The van der Waals surface area contributed by atoms with Crippen molar-refractivity contribution in [1.82, 2.24) is 5.32 Å². The van der Waals surface area contributed by atoms with E-state index in [2.05, 4.69) is 5.32 Å². The quantitative estimate of drug-likeness (QED) is 0.762. The van der Waals surface area contributed by atoms with E-state index in [1.54, 1.807) is 6.07 Å². The lowest BCUT2D eigenvalue weighted by Crippen LogP contribution is -2.28. The van der Waals surface area contributed by atoms with Gasteiger partial charge in [-0.2, -0.15) is 0 Å². The third-order valence-corrected chi connectivity index (χ3v) is 2.37. The lowest BCUT2D eigenvalue weighted by atomic mass is 10.3. The molecule has 0 radical (unpaired) electrons. The molecule has 1 aromatic carbocycles. The molecule has 0 spiro atoms. The van der Waals surface area contributed by atoms with Crippen molar-refractivity contribution < 1.29 is 9.18 Å². The number of halogens is 2. The first-order chi connectivity index (χ1) is 6.70. The van der Waals surface area contributed by atoms with Crippen molar-refractivity contribution in [2.45, 2.75) is 0 Å². The highest BCUT2D eigenvalue weighted by atomic mass is 35.5. The number of carbonyl (C=O) groups excluding carboxylic acids is 1. The van der Waals surface area contributed by atoms with Crippen molar-refractivity contribution in [3.8, 4) is 0 Å². The van der Waals surface area contributed by atoms with E-state index >= 15 is 0 Å². The van der Waals surface area contributed by atoms with Gasteiger partial charge in [-0.3, -0.25) is 4.90 Å². The number of amides is 2. The SMILES string of the molecule is O=C1NCCN1c1cccc(Cl)c1F. The first kappa shape index (κ1) is 9.27. The molecule has 1 N–H and O–H groups in total. The molecule has 0 saturated carbocycles. The summed E-state index contributed by atoms with van der Waals surface area (Å²) in [6.07, 6.45) is 0. The van der Waals surface area contributed by atoms with Crippen LogP contribution in [-0.2, 0) is 0 Å². The van der Waals surface area contributed by atoms with Crippen LogP contribution in [0.2, 0.25) is 5.02 Å². The fraction of sp³-hybridized carbons (Fsp3) is 0.222. The zero-order chi connectivity index (χ0) is 10.1. The summed E-state index contributed by atoms with van der Waals surface area (Å²) in [5, 5.41) is 2.62. The number of carbonyl (C=O) groups is 1. The summed E-state index contributed by atoms with van der Waals surface area (Å²) < 4.78 is 13.5. The summed E-state index contributed by atoms with van der Waals surface area (Å²) in [5.74, 6) is -0.550. The molecule has 0 atom stereocenters. The van der Waals surface area contributed by atoms with Gasteiger partial charge in [-0.1, -0.05) is 17.7 Å². The second kappa shape index (κ2) is 3.46. The average molecular weight is 215 g/mol. The predicted molar refractivity (Wildman–Crippen MR) is 52.2 cm³/mol. The molecule has 74 valence electrons. The number of nitrogens with zero attached hydrogens (tertiary/aromatic N) is 1. The molecule has 1 aliphatic rings. The van der Waals surface area contributed by atoms with E-state index in [9.17, 15) is 9.18 Å². The molecular formula is C9H8ClFN2O. The molecule has 0 aliphatic carbocycles. The van der Waals surface area contributed by atoms with Gasteiger partial charge < -0.3 is 5.32 Å². The third-order valence-electron chi connectivity index (χ3n) is 2.08. The summed E-state index contributed by atoms with van der Waals surface area (Å²) >= 11 is 5.61. The van der Waals surface area contributed by atoms with Crippen molar-refractivity contribution in [1.29, 1.82) is 0 Å². The van der Waals surface area contributed by atoms with Gasteiger partial charge in [0.05, 0.1) is 10.7 Å². The average Bonchev–Trinajstić information content (AvgIpc) is 2.57.